The standard InChI is InChI=1S/C19H17BrN4O2/c1-12-4-5-14(20)9-15(12)16(11-26-19(21)25)18-23-8-6-17(24-18)13-3-2-7-22-10-13/h2-10,16H,11H2,1H3,(H2,21,25). The summed E-state index contributed by atoms with van der Waals surface area (Å²) in [6.07, 6.45) is 4.31. The average molecular weight is 413 g/mol. The molecule has 6 nitrogen and oxygen atoms in total. The van der Waals surface area contributed by atoms with Gasteiger partial charge in [0.05, 0.1) is 11.6 Å². The van der Waals surface area contributed by atoms with Crippen molar-refractivity contribution in [1.29, 1.82) is 0 Å². The first-order valence-electron chi connectivity index (χ1n) is 7.96. The number of nitrogens with two attached hydrogens (primary N) is 1. The van der Waals surface area contributed by atoms with E-state index in [4.69, 9.17) is 10.5 Å². The highest BCUT2D eigenvalue weighted by molar-refractivity contribution is 9.10. The monoisotopic (exact) mass is 412 g/mol. The Bertz CT molecular complexity index is 918. The van der Waals surface area contributed by atoms with Gasteiger partial charge in [0, 0.05) is 28.6 Å². The molecule has 1 atom stereocenters. The highest BCUT2D eigenvalue weighted by Gasteiger charge is 2.22. The van der Waals surface area contributed by atoms with E-state index in [0.29, 0.717) is 5.82 Å². The molecule has 0 bridgehead atoms. The van der Waals surface area contributed by atoms with Crippen LogP contribution in [0.25, 0.3) is 11.3 Å². The van der Waals surface area contributed by atoms with Crippen LogP contribution in [-0.4, -0.2) is 27.7 Å². The fourth-order valence-corrected chi connectivity index (χ4v) is 3.05. The van der Waals surface area contributed by atoms with Crippen LogP contribution in [0.1, 0.15) is 22.9 Å². The summed E-state index contributed by atoms with van der Waals surface area (Å²) in [5.74, 6) is 0.213. The molecule has 26 heavy (non-hydrogen) atoms. The van der Waals surface area contributed by atoms with Gasteiger partial charge >= 0.3 is 6.09 Å². The van der Waals surface area contributed by atoms with E-state index in [0.717, 1.165) is 26.9 Å². The number of ether oxygens (including phenoxy) is 1. The lowest BCUT2D eigenvalue weighted by atomic mass is 9.94. The van der Waals surface area contributed by atoms with Gasteiger partial charge in [-0.2, -0.15) is 0 Å². The zero-order valence-electron chi connectivity index (χ0n) is 14.1. The van der Waals surface area contributed by atoms with Gasteiger partial charge in [0.25, 0.3) is 0 Å². The number of carbonyl (C=O) groups is 1. The Labute approximate surface area is 159 Å². The summed E-state index contributed by atoms with van der Waals surface area (Å²) in [7, 11) is 0. The van der Waals surface area contributed by atoms with Crippen LogP contribution in [0, 0.1) is 6.92 Å². The highest BCUT2D eigenvalue weighted by Crippen LogP contribution is 2.29. The maximum atomic E-state index is 11.1. The minimum Gasteiger partial charge on any atom is -0.449 e. The second-order valence-corrected chi connectivity index (χ2v) is 6.64. The van der Waals surface area contributed by atoms with E-state index in [1.165, 1.54) is 0 Å². The zero-order valence-corrected chi connectivity index (χ0v) is 15.7. The van der Waals surface area contributed by atoms with E-state index in [-0.39, 0.29) is 12.5 Å². The van der Waals surface area contributed by atoms with Crippen molar-refractivity contribution >= 4 is 22.0 Å². The molecule has 2 heterocycles. The second kappa shape index (κ2) is 8.05. The van der Waals surface area contributed by atoms with Crippen LogP contribution < -0.4 is 5.73 Å². The van der Waals surface area contributed by atoms with Gasteiger partial charge in [0.1, 0.15) is 12.4 Å². The molecule has 0 saturated heterocycles. The largest absolute Gasteiger partial charge is 0.449 e. The fourth-order valence-electron chi connectivity index (χ4n) is 2.67. The van der Waals surface area contributed by atoms with Crippen LogP contribution >= 0.6 is 15.9 Å². The summed E-state index contributed by atoms with van der Waals surface area (Å²) >= 11 is 3.49. The van der Waals surface area contributed by atoms with Crippen molar-refractivity contribution in [2.24, 2.45) is 5.73 Å². The van der Waals surface area contributed by atoms with E-state index in [1.807, 2.05) is 43.3 Å². The lowest BCUT2D eigenvalue weighted by Gasteiger charge is -2.19. The third kappa shape index (κ3) is 4.23. The molecule has 3 rings (SSSR count). The van der Waals surface area contributed by atoms with Crippen molar-refractivity contribution in [2.45, 2.75) is 12.8 Å². The number of pyridine rings is 1. The van der Waals surface area contributed by atoms with Gasteiger partial charge in [-0.3, -0.25) is 4.98 Å². The number of carbonyl (C=O) groups excluding carboxylic acids is 1. The van der Waals surface area contributed by atoms with Crippen molar-refractivity contribution in [3.63, 3.8) is 0 Å². The molecule has 2 aromatic heterocycles. The highest BCUT2D eigenvalue weighted by atomic mass is 79.9. The van der Waals surface area contributed by atoms with E-state index in [2.05, 4.69) is 30.9 Å². The molecule has 3 aromatic rings. The van der Waals surface area contributed by atoms with Crippen LogP contribution in [0.5, 0.6) is 0 Å². The summed E-state index contributed by atoms with van der Waals surface area (Å²) in [5, 5.41) is 0. The third-order valence-electron chi connectivity index (χ3n) is 3.95. The van der Waals surface area contributed by atoms with Gasteiger partial charge in [0.15, 0.2) is 0 Å². The van der Waals surface area contributed by atoms with Crippen molar-refractivity contribution in [3.8, 4) is 11.3 Å². The molecule has 7 heteroatoms. The summed E-state index contributed by atoms with van der Waals surface area (Å²) in [4.78, 5) is 24.4. The van der Waals surface area contributed by atoms with Gasteiger partial charge in [-0.25, -0.2) is 14.8 Å². The first kappa shape index (κ1) is 18.0. The van der Waals surface area contributed by atoms with Crippen LogP contribution in [0.15, 0.2) is 59.5 Å². The Morgan fingerprint density at radius 1 is 1.27 bits per heavy atom. The number of nitrogens with zero attached hydrogens (tertiary/aromatic N) is 3. The predicted octanol–water partition coefficient (Wildman–Crippen LogP) is 3.84. The number of aryl methyl sites for hydroxylation is 1. The number of primary amides is 1. The number of hydrogen-bond acceptors (Lipinski definition) is 5. The summed E-state index contributed by atoms with van der Waals surface area (Å²) < 4.78 is 6.01. The zero-order chi connectivity index (χ0) is 18.5. The van der Waals surface area contributed by atoms with Gasteiger partial charge in [-0.15, -0.1) is 0 Å². The van der Waals surface area contributed by atoms with Crippen molar-refractivity contribution in [3.05, 3.63) is 76.4 Å². The molecule has 132 valence electrons. The number of rotatable bonds is 5. The predicted molar refractivity (Wildman–Crippen MR) is 102 cm³/mol. The van der Waals surface area contributed by atoms with Gasteiger partial charge < -0.3 is 10.5 Å². The first-order valence-corrected chi connectivity index (χ1v) is 8.75. The molecule has 1 unspecified atom stereocenters. The summed E-state index contributed by atoms with van der Waals surface area (Å²) in [6, 6.07) is 11.5. The molecular weight excluding hydrogens is 396 g/mol. The van der Waals surface area contributed by atoms with E-state index < -0.39 is 6.09 Å². The SMILES string of the molecule is Cc1ccc(Br)cc1C(COC(N)=O)c1nccc(-c2cccnc2)n1. The molecule has 0 spiro atoms. The maximum absolute atomic E-state index is 11.1. The minimum atomic E-state index is -0.828. The van der Waals surface area contributed by atoms with Crippen LogP contribution in [-0.2, 0) is 4.74 Å². The molecule has 0 aliphatic heterocycles. The Morgan fingerprint density at radius 2 is 2.12 bits per heavy atom. The molecule has 0 aliphatic carbocycles. The maximum Gasteiger partial charge on any atom is 0.404 e. The van der Waals surface area contributed by atoms with Crippen LogP contribution in [0.4, 0.5) is 4.79 Å². The van der Waals surface area contributed by atoms with Crippen molar-refractivity contribution in [1.82, 2.24) is 15.0 Å². The van der Waals surface area contributed by atoms with E-state index in [1.54, 1.807) is 18.6 Å². The smallest absolute Gasteiger partial charge is 0.404 e. The van der Waals surface area contributed by atoms with Gasteiger partial charge in [0.2, 0.25) is 0 Å². The summed E-state index contributed by atoms with van der Waals surface area (Å²) in [5.41, 5.74) is 8.81. The molecular formula is C19H17BrN4O2. The normalized spacial score (nSPS) is 11.8. The van der Waals surface area contributed by atoms with Crippen LogP contribution in [0.3, 0.4) is 0 Å². The van der Waals surface area contributed by atoms with E-state index >= 15 is 0 Å². The lowest BCUT2D eigenvalue weighted by molar-refractivity contribution is 0.152. The Kier molecular flexibility index (Phi) is 5.58. The Morgan fingerprint density at radius 3 is 2.85 bits per heavy atom. The molecule has 0 saturated carbocycles. The molecule has 1 aromatic carbocycles. The molecule has 0 aliphatic rings. The lowest BCUT2D eigenvalue weighted by Crippen LogP contribution is -2.20. The quantitative estimate of drug-likeness (QED) is 0.687. The first-order chi connectivity index (χ1) is 12.5. The van der Waals surface area contributed by atoms with Crippen molar-refractivity contribution < 1.29 is 9.53 Å². The third-order valence-corrected chi connectivity index (χ3v) is 4.45. The minimum absolute atomic E-state index is 0.0587. The summed E-state index contributed by atoms with van der Waals surface area (Å²) in [6.45, 7) is 2.05. The number of hydrogen-bond donors (Lipinski definition) is 1. The van der Waals surface area contributed by atoms with Gasteiger partial charge in [-0.1, -0.05) is 22.0 Å². The van der Waals surface area contributed by atoms with E-state index in [9.17, 15) is 4.79 Å². The number of halogens is 1. The second-order valence-electron chi connectivity index (χ2n) is 5.73. The van der Waals surface area contributed by atoms with Crippen LogP contribution in [0.2, 0.25) is 0 Å². The van der Waals surface area contributed by atoms with Gasteiger partial charge in [-0.05, 0) is 48.4 Å². The fraction of sp³-hybridized carbons (Fsp3) is 0.158. The molecule has 2 N–H and O–H groups in total. The number of aromatic nitrogens is 3. The topological polar surface area (TPSA) is 91.0 Å². The Balaban J connectivity index is 2.04. The molecule has 1 amide bonds. The van der Waals surface area contributed by atoms with Crippen molar-refractivity contribution in [2.75, 3.05) is 6.61 Å². The number of amides is 1. The number of benzene rings is 1. The molecule has 0 radical (unpaired) electrons. The average Bonchev–Trinajstić information content (AvgIpc) is 2.65. The Hall–Kier alpha value is -2.80. The molecule has 0 fully saturated rings.